The second-order valence-corrected chi connectivity index (χ2v) is 6.52. The molecule has 130 valence electrons. The Balaban J connectivity index is 1.55. The molecule has 0 saturated carbocycles. The van der Waals surface area contributed by atoms with Gasteiger partial charge in [-0.15, -0.1) is 0 Å². The van der Waals surface area contributed by atoms with E-state index in [1.165, 1.54) is 11.3 Å². The highest BCUT2D eigenvalue weighted by atomic mass is 16.5. The number of hydrogen-bond donors (Lipinski definition) is 1. The van der Waals surface area contributed by atoms with Crippen LogP contribution in [0.3, 0.4) is 0 Å². The Kier molecular flexibility index (Phi) is 6.41. The Labute approximate surface area is 144 Å². The van der Waals surface area contributed by atoms with E-state index in [0.29, 0.717) is 6.04 Å². The van der Waals surface area contributed by atoms with Gasteiger partial charge in [0.05, 0.1) is 6.33 Å². The number of ether oxygens (including phenoxy) is 1. The summed E-state index contributed by atoms with van der Waals surface area (Å²) < 4.78 is 5.34. The lowest BCUT2D eigenvalue weighted by molar-refractivity contribution is 0.0499. The largest absolute Gasteiger partial charge is 0.385 e. The van der Waals surface area contributed by atoms with Gasteiger partial charge in [0, 0.05) is 70.8 Å². The maximum Gasteiger partial charge on any atom is 0.0921 e. The fraction of sp³-hybridized carbons (Fsp3) is 0.526. The summed E-state index contributed by atoms with van der Waals surface area (Å²) in [5.41, 5.74) is 2.61. The SMILES string of the molecule is COCC[C@H]1CN(Cc2ccccc2)CCN1CCc1cnc[nH]1. The molecule has 0 spiro atoms. The predicted molar refractivity (Wildman–Crippen MR) is 95.9 cm³/mol. The Morgan fingerprint density at radius 1 is 1.25 bits per heavy atom. The molecular weight excluding hydrogens is 300 g/mol. The first-order valence-electron chi connectivity index (χ1n) is 8.81. The molecule has 1 aliphatic rings. The molecule has 2 heterocycles. The van der Waals surface area contributed by atoms with Crippen LogP contribution in [0.25, 0.3) is 0 Å². The van der Waals surface area contributed by atoms with Crippen molar-refractivity contribution >= 4 is 0 Å². The third-order valence-electron chi connectivity index (χ3n) is 4.82. The number of aromatic amines is 1. The predicted octanol–water partition coefficient (Wildman–Crippen LogP) is 2.18. The Morgan fingerprint density at radius 2 is 2.12 bits per heavy atom. The fourth-order valence-corrected chi connectivity index (χ4v) is 3.45. The van der Waals surface area contributed by atoms with Crippen LogP contribution in [0.1, 0.15) is 17.7 Å². The lowest BCUT2D eigenvalue weighted by atomic mass is 10.1. The highest BCUT2D eigenvalue weighted by molar-refractivity contribution is 5.14. The minimum Gasteiger partial charge on any atom is -0.385 e. The van der Waals surface area contributed by atoms with Crippen LogP contribution in [0, 0.1) is 0 Å². The minimum atomic E-state index is 0.560. The third kappa shape index (κ3) is 4.90. The number of aromatic nitrogens is 2. The van der Waals surface area contributed by atoms with E-state index in [4.69, 9.17) is 4.74 Å². The van der Waals surface area contributed by atoms with Crippen LogP contribution < -0.4 is 0 Å². The zero-order valence-corrected chi connectivity index (χ0v) is 14.5. The lowest BCUT2D eigenvalue weighted by Gasteiger charge is -2.41. The van der Waals surface area contributed by atoms with Gasteiger partial charge in [0.15, 0.2) is 0 Å². The van der Waals surface area contributed by atoms with Gasteiger partial charge < -0.3 is 9.72 Å². The number of nitrogens with zero attached hydrogens (tertiary/aromatic N) is 3. The zero-order chi connectivity index (χ0) is 16.6. The van der Waals surface area contributed by atoms with E-state index in [1.54, 1.807) is 13.4 Å². The average Bonchev–Trinajstić information content (AvgIpc) is 3.13. The number of nitrogens with one attached hydrogen (secondary N) is 1. The normalized spacial score (nSPS) is 19.6. The van der Waals surface area contributed by atoms with Gasteiger partial charge in [-0.2, -0.15) is 0 Å². The van der Waals surface area contributed by atoms with Crippen LogP contribution in [0.4, 0.5) is 0 Å². The second-order valence-electron chi connectivity index (χ2n) is 6.52. The molecule has 1 aliphatic heterocycles. The van der Waals surface area contributed by atoms with Crippen LogP contribution >= 0.6 is 0 Å². The zero-order valence-electron chi connectivity index (χ0n) is 14.5. The standard InChI is InChI=1S/C19H28N4O/c1-24-12-8-19-15-22(14-17-5-3-2-4-6-17)10-11-23(19)9-7-18-13-20-16-21-18/h2-6,13,16,19H,7-12,14-15H2,1H3,(H,20,21)/t19-/m0/s1. The summed E-state index contributed by atoms with van der Waals surface area (Å²) in [7, 11) is 1.79. The molecule has 5 nitrogen and oxygen atoms in total. The molecular formula is C19H28N4O. The summed E-state index contributed by atoms with van der Waals surface area (Å²) >= 11 is 0. The Hall–Kier alpha value is -1.69. The summed E-state index contributed by atoms with van der Waals surface area (Å²) in [5.74, 6) is 0. The number of piperazine rings is 1. The fourth-order valence-electron chi connectivity index (χ4n) is 3.45. The molecule has 1 atom stereocenters. The minimum absolute atomic E-state index is 0.560. The number of hydrogen-bond acceptors (Lipinski definition) is 4. The van der Waals surface area contributed by atoms with Crippen molar-refractivity contribution < 1.29 is 4.74 Å². The van der Waals surface area contributed by atoms with Gasteiger partial charge in [-0.25, -0.2) is 4.98 Å². The van der Waals surface area contributed by atoms with Crippen molar-refractivity contribution in [2.75, 3.05) is 39.9 Å². The van der Waals surface area contributed by atoms with E-state index in [1.807, 2.05) is 6.20 Å². The molecule has 1 saturated heterocycles. The second kappa shape index (κ2) is 8.97. The third-order valence-corrected chi connectivity index (χ3v) is 4.82. The van der Waals surface area contributed by atoms with Crippen molar-refractivity contribution in [3.05, 3.63) is 54.1 Å². The molecule has 5 heteroatoms. The Morgan fingerprint density at radius 3 is 2.88 bits per heavy atom. The monoisotopic (exact) mass is 328 g/mol. The molecule has 0 amide bonds. The van der Waals surface area contributed by atoms with E-state index in [2.05, 4.69) is 50.1 Å². The first kappa shape index (κ1) is 17.1. The summed E-state index contributed by atoms with van der Waals surface area (Å²) in [6.45, 7) is 6.30. The van der Waals surface area contributed by atoms with E-state index >= 15 is 0 Å². The quantitative estimate of drug-likeness (QED) is 0.807. The molecule has 0 unspecified atom stereocenters. The average molecular weight is 328 g/mol. The van der Waals surface area contributed by atoms with Crippen LogP contribution in [-0.4, -0.2) is 65.7 Å². The molecule has 1 fully saturated rings. The van der Waals surface area contributed by atoms with Crippen molar-refractivity contribution in [2.24, 2.45) is 0 Å². The number of rotatable bonds is 8. The van der Waals surface area contributed by atoms with Crippen molar-refractivity contribution in [3.8, 4) is 0 Å². The molecule has 1 N–H and O–H groups in total. The van der Waals surface area contributed by atoms with E-state index in [0.717, 1.165) is 52.2 Å². The van der Waals surface area contributed by atoms with Gasteiger partial charge in [0.2, 0.25) is 0 Å². The Bertz CT molecular complexity index is 572. The van der Waals surface area contributed by atoms with E-state index in [-0.39, 0.29) is 0 Å². The van der Waals surface area contributed by atoms with Crippen LogP contribution in [0.2, 0.25) is 0 Å². The van der Waals surface area contributed by atoms with Crippen LogP contribution in [0.15, 0.2) is 42.9 Å². The molecule has 0 aliphatic carbocycles. The maximum atomic E-state index is 5.34. The molecule has 0 bridgehead atoms. The summed E-state index contributed by atoms with van der Waals surface area (Å²) in [5, 5.41) is 0. The van der Waals surface area contributed by atoms with Crippen molar-refractivity contribution in [3.63, 3.8) is 0 Å². The first-order chi connectivity index (χ1) is 11.8. The van der Waals surface area contributed by atoms with Crippen molar-refractivity contribution in [1.82, 2.24) is 19.8 Å². The summed E-state index contributed by atoms with van der Waals surface area (Å²) in [4.78, 5) is 12.5. The number of methoxy groups -OCH3 is 1. The van der Waals surface area contributed by atoms with Crippen molar-refractivity contribution in [1.29, 1.82) is 0 Å². The molecule has 1 aromatic carbocycles. The smallest absolute Gasteiger partial charge is 0.0921 e. The molecule has 3 rings (SSSR count). The van der Waals surface area contributed by atoms with Gasteiger partial charge in [-0.3, -0.25) is 9.80 Å². The number of benzene rings is 1. The summed E-state index contributed by atoms with van der Waals surface area (Å²) in [6, 6.07) is 11.3. The first-order valence-corrected chi connectivity index (χ1v) is 8.81. The number of imidazole rings is 1. The van der Waals surface area contributed by atoms with Gasteiger partial charge in [0.25, 0.3) is 0 Å². The van der Waals surface area contributed by atoms with E-state index < -0.39 is 0 Å². The highest BCUT2D eigenvalue weighted by Gasteiger charge is 2.26. The molecule has 2 aromatic rings. The van der Waals surface area contributed by atoms with Crippen LogP contribution in [0.5, 0.6) is 0 Å². The number of H-pyrrole nitrogens is 1. The van der Waals surface area contributed by atoms with E-state index in [9.17, 15) is 0 Å². The lowest BCUT2D eigenvalue weighted by Crippen LogP contribution is -2.53. The van der Waals surface area contributed by atoms with Gasteiger partial charge >= 0.3 is 0 Å². The maximum absolute atomic E-state index is 5.34. The summed E-state index contributed by atoms with van der Waals surface area (Å²) in [6.07, 6.45) is 5.80. The topological polar surface area (TPSA) is 44.4 Å². The molecule has 0 radical (unpaired) electrons. The van der Waals surface area contributed by atoms with Gasteiger partial charge in [-0.1, -0.05) is 30.3 Å². The molecule has 24 heavy (non-hydrogen) atoms. The van der Waals surface area contributed by atoms with Gasteiger partial charge in [0.1, 0.15) is 0 Å². The highest BCUT2D eigenvalue weighted by Crippen LogP contribution is 2.16. The molecule has 1 aromatic heterocycles. The van der Waals surface area contributed by atoms with Crippen molar-refractivity contribution in [2.45, 2.75) is 25.4 Å². The van der Waals surface area contributed by atoms with Crippen LogP contribution in [-0.2, 0) is 17.7 Å². The van der Waals surface area contributed by atoms with Gasteiger partial charge in [-0.05, 0) is 12.0 Å².